The average Bonchev–Trinajstić information content (AvgIpc) is 2.49. The van der Waals surface area contributed by atoms with Crippen molar-refractivity contribution in [2.45, 2.75) is 57.0 Å². The minimum Gasteiger partial charge on any atom is -0.295 e. The Morgan fingerprint density at radius 2 is 1.79 bits per heavy atom. The molecule has 1 aliphatic carbocycles. The lowest BCUT2D eigenvalue weighted by Gasteiger charge is -2.47. The van der Waals surface area contributed by atoms with E-state index in [1.54, 1.807) is 0 Å². The van der Waals surface area contributed by atoms with Crippen molar-refractivity contribution in [3.63, 3.8) is 0 Å². The predicted molar refractivity (Wildman–Crippen MR) is 76.5 cm³/mol. The van der Waals surface area contributed by atoms with Gasteiger partial charge in [-0.05, 0) is 36.7 Å². The van der Waals surface area contributed by atoms with Gasteiger partial charge in [0.2, 0.25) is 0 Å². The second-order valence-electron chi connectivity index (χ2n) is 6.15. The molecule has 1 N–H and O–H groups in total. The standard InChI is InChI=1S/C17H22N2/c18-13-16-17(10-5-2-6-11-17)12-9-15(19-16)14-7-3-1-4-8-14/h1,3-4,7-8,15-16,19H,2,5-6,9-12H2. The molecule has 0 bridgehead atoms. The third-order valence-corrected chi connectivity index (χ3v) is 5.09. The van der Waals surface area contributed by atoms with Crippen LogP contribution in [0.25, 0.3) is 0 Å². The summed E-state index contributed by atoms with van der Waals surface area (Å²) in [6.45, 7) is 0. The lowest BCUT2D eigenvalue weighted by molar-refractivity contribution is 0.0874. The first-order chi connectivity index (χ1) is 9.34. The second-order valence-corrected chi connectivity index (χ2v) is 6.15. The van der Waals surface area contributed by atoms with Gasteiger partial charge in [0.15, 0.2) is 0 Å². The fraction of sp³-hybridized carbons (Fsp3) is 0.588. The van der Waals surface area contributed by atoms with Gasteiger partial charge in [-0.15, -0.1) is 0 Å². The summed E-state index contributed by atoms with van der Waals surface area (Å²) in [5.74, 6) is 0. The number of hydrogen-bond donors (Lipinski definition) is 1. The number of benzene rings is 1. The lowest BCUT2D eigenvalue weighted by Crippen LogP contribution is -2.51. The number of piperidine rings is 1. The van der Waals surface area contributed by atoms with Crippen molar-refractivity contribution in [2.24, 2.45) is 5.41 Å². The summed E-state index contributed by atoms with van der Waals surface area (Å²) >= 11 is 0. The third kappa shape index (κ3) is 2.40. The molecule has 1 spiro atoms. The lowest BCUT2D eigenvalue weighted by atomic mass is 9.64. The van der Waals surface area contributed by atoms with Crippen molar-refractivity contribution >= 4 is 0 Å². The van der Waals surface area contributed by atoms with Crippen molar-refractivity contribution in [2.75, 3.05) is 0 Å². The first-order valence-electron chi connectivity index (χ1n) is 7.55. The van der Waals surface area contributed by atoms with E-state index in [9.17, 15) is 5.26 Å². The smallest absolute Gasteiger partial charge is 0.101 e. The predicted octanol–water partition coefficient (Wildman–Crippen LogP) is 3.95. The molecule has 0 radical (unpaired) electrons. The van der Waals surface area contributed by atoms with Crippen molar-refractivity contribution in [1.82, 2.24) is 5.32 Å². The SMILES string of the molecule is N#CC1NC(c2ccccc2)CCC12CCCCC2. The molecule has 19 heavy (non-hydrogen) atoms. The summed E-state index contributed by atoms with van der Waals surface area (Å²) in [4.78, 5) is 0. The molecule has 2 nitrogen and oxygen atoms in total. The van der Waals surface area contributed by atoms with Crippen molar-refractivity contribution < 1.29 is 0 Å². The zero-order chi connectivity index (χ0) is 13.1. The van der Waals surface area contributed by atoms with Crippen molar-refractivity contribution in [1.29, 1.82) is 5.26 Å². The maximum absolute atomic E-state index is 9.56. The Kier molecular flexibility index (Phi) is 3.57. The van der Waals surface area contributed by atoms with E-state index in [4.69, 9.17) is 0 Å². The van der Waals surface area contributed by atoms with Crippen LogP contribution in [0, 0.1) is 16.7 Å². The molecule has 1 aromatic rings. The molecular formula is C17H22N2. The van der Waals surface area contributed by atoms with Crippen LogP contribution in [0.1, 0.15) is 56.6 Å². The fourth-order valence-electron chi connectivity index (χ4n) is 3.95. The van der Waals surface area contributed by atoms with Crippen LogP contribution < -0.4 is 5.32 Å². The summed E-state index contributed by atoms with van der Waals surface area (Å²) in [6.07, 6.45) is 8.80. The van der Waals surface area contributed by atoms with E-state index in [2.05, 4.69) is 41.7 Å². The first kappa shape index (κ1) is 12.7. The highest BCUT2D eigenvalue weighted by atomic mass is 15.0. The van der Waals surface area contributed by atoms with Crippen LogP contribution >= 0.6 is 0 Å². The molecule has 2 atom stereocenters. The molecule has 0 aromatic heterocycles. The topological polar surface area (TPSA) is 35.8 Å². The number of nitrogens with one attached hydrogen (secondary N) is 1. The molecule has 2 unspecified atom stereocenters. The van der Waals surface area contributed by atoms with Crippen LogP contribution in [0.5, 0.6) is 0 Å². The van der Waals surface area contributed by atoms with Gasteiger partial charge in [-0.2, -0.15) is 5.26 Å². The fourth-order valence-corrected chi connectivity index (χ4v) is 3.95. The Bertz CT molecular complexity index is 454. The van der Waals surface area contributed by atoms with Gasteiger partial charge in [0.1, 0.15) is 6.04 Å². The van der Waals surface area contributed by atoms with Crippen LogP contribution in [0.2, 0.25) is 0 Å². The Balaban J connectivity index is 1.77. The van der Waals surface area contributed by atoms with E-state index < -0.39 is 0 Å². The minimum atomic E-state index is 0.0340. The number of rotatable bonds is 1. The van der Waals surface area contributed by atoms with Gasteiger partial charge >= 0.3 is 0 Å². The second kappa shape index (κ2) is 5.35. The molecule has 1 saturated carbocycles. The summed E-state index contributed by atoms with van der Waals surface area (Å²) in [5.41, 5.74) is 1.59. The third-order valence-electron chi connectivity index (χ3n) is 5.09. The zero-order valence-corrected chi connectivity index (χ0v) is 11.4. The summed E-state index contributed by atoms with van der Waals surface area (Å²) in [6, 6.07) is 13.5. The minimum absolute atomic E-state index is 0.0340. The highest BCUT2D eigenvalue weighted by Gasteiger charge is 2.44. The average molecular weight is 254 g/mol. The molecule has 1 saturated heterocycles. The maximum Gasteiger partial charge on any atom is 0.101 e. The van der Waals surface area contributed by atoms with Crippen LogP contribution in [0.3, 0.4) is 0 Å². The van der Waals surface area contributed by atoms with Crippen molar-refractivity contribution in [3.05, 3.63) is 35.9 Å². The molecule has 1 aliphatic heterocycles. The van der Waals surface area contributed by atoms with Gasteiger partial charge < -0.3 is 0 Å². The van der Waals surface area contributed by atoms with Gasteiger partial charge in [-0.1, -0.05) is 49.6 Å². The maximum atomic E-state index is 9.56. The highest BCUT2D eigenvalue weighted by Crippen LogP contribution is 2.47. The van der Waals surface area contributed by atoms with E-state index in [1.165, 1.54) is 50.5 Å². The van der Waals surface area contributed by atoms with Gasteiger partial charge in [0, 0.05) is 6.04 Å². The Labute approximate surface area is 115 Å². The normalized spacial score (nSPS) is 29.8. The zero-order valence-electron chi connectivity index (χ0n) is 11.4. The van der Waals surface area contributed by atoms with Gasteiger partial charge in [-0.3, -0.25) is 5.32 Å². The van der Waals surface area contributed by atoms with E-state index in [-0.39, 0.29) is 11.5 Å². The Morgan fingerprint density at radius 1 is 1.05 bits per heavy atom. The quantitative estimate of drug-likeness (QED) is 0.823. The molecule has 1 heterocycles. The molecule has 0 amide bonds. The van der Waals surface area contributed by atoms with Crippen LogP contribution in [-0.2, 0) is 0 Å². The Morgan fingerprint density at radius 3 is 2.47 bits per heavy atom. The van der Waals surface area contributed by atoms with Gasteiger partial charge in [0.25, 0.3) is 0 Å². The molecule has 3 rings (SSSR count). The van der Waals surface area contributed by atoms with Crippen LogP contribution in [-0.4, -0.2) is 6.04 Å². The van der Waals surface area contributed by atoms with Crippen LogP contribution in [0.4, 0.5) is 0 Å². The van der Waals surface area contributed by atoms with Gasteiger partial charge in [0.05, 0.1) is 6.07 Å². The first-order valence-corrected chi connectivity index (χ1v) is 7.55. The number of hydrogen-bond acceptors (Lipinski definition) is 2. The highest BCUT2D eigenvalue weighted by molar-refractivity contribution is 5.22. The molecule has 2 fully saturated rings. The van der Waals surface area contributed by atoms with E-state index in [1.807, 2.05) is 0 Å². The summed E-state index contributed by atoms with van der Waals surface area (Å²) in [5, 5.41) is 13.2. The number of nitrogens with zero attached hydrogens (tertiary/aromatic N) is 1. The monoisotopic (exact) mass is 254 g/mol. The van der Waals surface area contributed by atoms with Gasteiger partial charge in [-0.25, -0.2) is 0 Å². The summed E-state index contributed by atoms with van der Waals surface area (Å²) < 4.78 is 0. The number of nitriles is 1. The molecule has 2 heteroatoms. The van der Waals surface area contributed by atoms with Crippen molar-refractivity contribution in [3.8, 4) is 6.07 Å². The van der Waals surface area contributed by atoms with E-state index in [0.29, 0.717) is 6.04 Å². The van der Waals surface area contributed by atoms with E-state index in [0.717, 1.165) is 0 Å². The molecule has 1 aromatic carbocycles. The molecule has 100 valence electrons. The van der Waals surface area contributed by atoms with Crippen LogP contribution in [0.15, 0.2) is 30.3 Å². The largest absolute Gasteiger partial charge is 0.295 e. The Hall–Kier alpha value is -1.33. The molecular weight excluding hydrogens is 232 g/mol. The summed E-state index contributed by atoms with van der Waals surface area (Å²) in [7, 11) is 0. The molecule has 2 aliphatic rings. The van der Waals surface area contributed by atoms with E-state index >= 15 is 0 Å².